The normalized spacial score (nSPS) is 16.3. The number of piperidine rings is 1. The van der Waals surface area contributed by atoms with Crippen molar-refractivity contribution in [2.24, 2.45) is 5.92 Å². The van der Waals surface area contributed by atoms with Crippen molar-refractivity contribution in [3.05, 3.63) is 24.3 Å². The fraction of sp³-hybridized carbons (Fsp3) is 0.471. The molecule has 1 aromatic heterocycles. The van der Waals surface area contributed by atoms with Crippen molar-refractivity contribution in [2.45, 2.75) is 32.2 Å². The lowest BCUT2D eigenvalue weighted by Gasteiger charge is -2.32. The van der Waals surface area contributed by atoms with Crippen LogP contribution in [-0.2, 0) is 9.59 Å². The maximum absolute atomic E-state index is 12.3. The summed E-state index contributed by atoms with van der Waals surface area (Å²) in [4.78, 5) is 29.9. The molecule has 0 bridgehead atoms. The van der Waals surface area contributed by atoms with Crippen molar-refractivity contribution in [3.8, 4) is 0 Å². The van der Waals surface area contributed by atoms with Gasteiger partial charge in [0.2, 0.25) is 5.91 Å². The summed E-state index contributed by atoms with van der Waals surface area (Å²) in [5.41, 5.74) is 0.306. The molecule has 1 aliphatic rings. The summed E-state index contributed by atoms with van der Waals surface area (Å²) in [5.74, 6) is -1.44. The summed E-state index contributed by atoms with van der Waals surface area (Å²) >= 11 is 0. The van der Waals surface area contributed by atoms with E-state index in [1.165, 1.54) is 13.8 Å². The molecule has 7 nitrogen and oxygen atoms in total. The summed E-state index contributed by atoms with van der Waals surface area (Å²) in [5, 5.41) is 11.7. The standard InChI is InChI=1S/C17H21N3O4/c1-17(2,15(22)23)19-14(21)11-7-9-20(10-8-11)16-18-12-5-3-4-6-13(12)24-16/h3-6,11H,7-10H2,1-2H3,(H,19,21)(H,22,23). The van der Waals surface area contributed by atoms with Crippen LogP contribution in [-0.4, -0.2) is 40.6 Å². The van der Waals surface area contributed by atoms with Gasteiger partial charge in [0.1, 0.15) is 11.1 Å². The number of hydrogen-bond donors (Lipinski definition) is 2. The molecule has 0 spiro atoms. The first-order valence-corrected chi connectivity index (χ1v) is 8.03. The lowest BCUT2D eigenvalue weighted by atomic mass is 9.94. The van der Waals surface area contributed by atoms with E-state index in [1.807, 2.05) is 29.2 Å². The van der Waals surface area contributed by atoms with Gasteiger partial charge in [0.05, 0.1) is 0 Å². The van der Waals surface area contributed by atoms with Crippen LogP contribution in [0.2, 0.25) is 0 Å². The second kappa shape index (κ2) is 6.14. The topological polar surface area (TPSA) is 95.7 Å². The minimum Gasteiger partial charge on any atom is -0.480 e. The van der Waals surface area contributed by atoms with Gasteiger partial charge >= 0.3 is 5.97 Å². The van der Waals surface area contributed by atoms with Gasteiger partial charge in [0.25, 0.3) is 6.01 Å². The van der Waals surface area contributed by atoms with E-state index in [1.54, 1.807) is 0 Å². The molecule has 1 fully saturated rings. The number of carboxylic acid groups (broad SMARTS) is 1. The number of rotatable bonds is 4. The van der Waals surface area contributed by atoms with Gasteiger partial charge in [-0.15, -0.1) is 0 Å². The van der Waals surface area contributed by atoms with Gasteiger partial charge in [-0.05, 0) is 38.8 Å². The second-order valence-electron chi connectivity index (χ2n) is 6.64. The third-order valence-electron chi connectivity index (χ3n) is 4.39. The van der Waals surface area contributed by atoms with Crippen molar-refractivity contribution >= 4 is 29.0 Å². The lowest BCUT2D eigenvalue weighted by Crippen LogP contribution is -2.52. The maximum atomic E-state index is 12.3. The number of oxazole rings is 1. The van der Waals surface area contributed by atoms with E-state index in [0.717, 1.165) is 11.1 Å². The van der Waals surface area contributed by atoms with Gasteiger partial charge in [-0.25, -0.2) is 4.79 Å². The van der Waals surface area contributed by atoms with Crippen LogP contribution in [0.4, 0.5) is 6.01 Å². The average Bonchev–Trinajstić information content (AvgIpc) is 2.98. The number of carbonyl (C=O) groups excluding carboxylic acids is 1. The molecule has 0 saturated carbocycles. The van der Waals surface area contributed by atoms with E-state index in [2.05, 4.69) is 10.3 Å². The number of aliphatic carboxylic acids is 1. The highest BCUT2D eigenvalue weighted by Crippen LogP contribution is 2.26. The fourth-order valence-corrected chi connectivity index (χ4v) is 2.79. The molecule has 1 saturated heterocycles. The molecule has 2 aromatic rings. The Morgan fingerprint density at radius 1 is 1.29 bits per heavy atom. The summed E-state index contributed by atoms with van der Waals surface area (Å²) in [6, 6.07) is 8.16. The first kappa shape index (κ1) is 16.3. The predicted molar refractivity (Wildman–Crippen MR) is 88.8 cm³/mol. The number of hydrogen-bond acceptors (Lipinski definition) is 5. The molecule has 3 rings (SSSR count). The lowest BCUT2D eigenvalue weighted by molar-refractivity contribution is -0.146. The Bertz CT molecular complexity index is 727. The van der Waals surface area contributed by atoms with Crippen LogP contribution < -0.4 is 10.2 Å². The molecule has 0 radical (unpaired) electrons. The molecule has 1 aliphatic heterocycles. The van der Waals surface area contributed by atoms with Crippen molar-refractivity contribution in [1.29, 1.82) is 0 Å². The quantitative estimate of drug-likeness (QED) is 0.890. The Balaban J connectivity index is 1.61. The number of aromatic nitrogens is 1. The number of anilines is 1. The zero-order chi connectivity index (χ0) is 17.3. The highest BCUT2D eigenvalue weighted by atomic mass is 16.4. The highest BCUT2D eigenvalue weighted by molar-refractivity contribution is 5.87. The van der Waals surface area contributed by atoms with E-state index < -0.39 is 11.5 Å². The summed E-state index contributed by atoms with van der Waals surface area (Å²) in [6.07, 6.45) is 1.28. The van der Waals surface area contributed by atoms with E-state index in [-0.39, 0.29) is 11.8 Å². The summed E-state index contributed by atoms with van der Waals surface area (Å²) in [7, 11) is 0. The van der Waals surface area contributed by atoms with E-state index >= 15 is 0 Å². The Hall–Kier alpha value is -2.57. The van der Waals surface area contributed by atoms with Gasteiger partial charge in [-0.2, -0.15) is 4.98 Å². The van der Waals surface area contributed by atoms with E-state index in [9.17, 15) is 9.59 Å². The van der Waals surface area contributed by atoms with Crippen molar-refractivity contribution in [1.82, 2.24) is 10.3 Å². The molecular weight excluding hydrogens is 310 g/mol. The van der Waals surface area contributed by atoms with Crippen LogP contribution >= 0.6 is 0 Å². The Kier molecular flexibility index (Phi) is 4.17. The molecule has 7 heteroatoms. The van der Waals surface area contributed by atoms with Crippen molar-refractivity contribution in [3.63, 3.8) is 0 Å². The SMILES string of the molecule is CC(C)(NC(=O)C1CCN(c2nc3ccccc3o2)CC1)C(=O)O. The molecule has 2 heterocycles. The Morgan fingerprint density at radius 2 is 1.96 bits per heavy atom. The van der Waals surface area contributed by atoms with Crippen LogP contribution in [0.1, 0.15) is 26.7 Å². The zero-order valence-electron chi connectivity index (χ0n) is 13.8. The number of amides is 1. The van der Waals surface area contributed by atoms with Crippen LogP contribution in [0.5, 0.6) is 0 Å². The molecule has 128 valence electrons. The molecule has 0 atom stereocenters. The zero-order valence-corrected chi connectivity index (χ0v) is 13.8. The van der Waals surface area contributed by atoms with Gasteiger partial charge in [-0.3, -0.25) is 4.79 Å². The third kappa shape index (κ3) is 3.20. The second-order valence-corrected chi connectivity index (χ2v) is 6.64. The Labute approximate surface area is 139 Å². The summed E-state index contributed by atoms with van der Waals surface area (Å²) in [6.45, 7) is 4.28. The van der Waals surface area contributed by atoms with Crippen LogP contribution in [0.3, 0.4) is 0 Å². The van der Waals surface area contributed by atoms with Gasteiger partial charge in [-0.1, -0.05) is 12.1 Å². The first-order chi connectivity index (χ1) is 11.4. The molecule has 0 aliphatic carbocycles. The molecule has 24 heavy (non-hydrogen) atoms. The van der Waals surface area contributed by atoms with E-state index in [0.29, 0.717) is 31.9 Å². The number of nitrogens with zero attached hydrogens (tertiary/aromatic N) is 2. The number of fused-ring (bicyclic) bond motifs is 1. The number of carbonyl (C=O) groups is 2. The largest absolute Gasteiger partial charge is 0.480 e. The maximum Gasteiger partial charge on any atom is 0.328 e. The van der Waals surface area contributed by atoms with Crippen LogP contribution in [0, 0.1) is 5.92 Å². The summed E-state index contributed by atoms with van der Waals surface area (Å²) < 4.78 is 5.75. The Morgan fingerprint density at radius 3 is 2.58 bits per heavy atom. The molecule has 1 amide bonds. The fourth-order valence-electron chi connectivity index (χ4n) is 2.79. The monoisotopic (exact) mass is 331 g/mol. The minimum absolute atomic E-state index is 0.191. The molecular formula is C17H21N3O4. The number of benzene rings is 1. The van der Waals surface area contributed by atoms with Gasteiger partial charge in [0.15, 0.2) is 5.58 Å². The molecule has 0 unspecified atom stereocenters. The first-order valence-electron chi connectivity index (χ1n) is 8.03. The molecule has 2 N–H and O–H groups in total. The van der Waals surface area contributed by atoms with Gasteiger partial charge < -0.3 is 19.7 Å². The highest BCUT2D eigenvalue weighted by Gasteiger charge is 2.33. The third-order valence-corrected chi connectivity index (χ3v) is 4.39. The number of nitrogens with one attached hydrogen (secondary N) is 1. The van der Waals surface area contributed by atoms with Crippen LogP contribution in [0.25, 0.3) is 11.1 Å². The molecule has 1 aromatic carbocycles. The average molecular weight is 331 g/mol. The number of para-hydroxylation sites is 2. The van der Waals surface area contributed by atoms with E-state index in [4.69, 9.17) is 9.52 Å². The number of carboxylic acids is 1. The van der Waals surface area contributed by atoms with Crippen molar-refractivity contribution in [2.75, 3.05) is 18.0 Å². The van der Waals surface area contributed by atoms with Gasteiger partial charge in [0, 0.05) is 19.0 Å². The predicted octanol–water partition coefficient (Wildman–Crippen LogP) is 2.02. The minimum atomic E-state index is -1.26. The van der Waals surface area contributed by atoms with Crippen molar-refractivity contribution < 1.29 is 19.1 Å². The smallest absolute Gasteiger partial charge is 0.328 e. The van der Waals surface area contributed by atoms with Crippen LogP contribution in [0.15, 0.2) is 28.7 Å².